The lowest BCUT2D eigenvalue weighted by Crippen LogP contribution is -2.24. The first kappa shape index (κ1) is 9.89. The Morgan fingerprint density at radius 1 is 1.23 bits per heavy atom. The summed E-state index contributed by atoms with van der Waals surface area (Å²) >= 11 is 0. The highest BCUT2D eigenvalue weighted by atomic mass is 19.3. The Labute approximate surface area is 74.6 Å². The standard InChI is InChI=1S/C9H10F3N/c1-6(9(11)12)13-8-5-3-2-4-7(8)10/h2-6,9,13H,1H3. The molecule has 1 aromatic carbocycles. The minimum absolute atomic E-state index is 0.107. The van der Waals surface area contributed by atoms with Gasteiger partial charge >= 0.3 is 0 Å². The second-order valence-electron chi connectivity index (χ2n) is 2.75. The Morgan fingerprint density at radius 2 is 1.85 bits per heavy atom. The maximum Gasteiger partial charge on any atom is 0.258 e. The van der Waals surface area contributed by atoms with Crippen molar-refractivity contribution in [3.05, 3.63) is 30.1 Å². The van der Waals surface area contributed by atoms with Gasteiger partial charge in [-0.25, -0.2) is 13.2 Å². The van der Waals surface area contributed by atoms with Crippen molar-refractivity contribution >= 4 is 5.69 Å². The highest BCUT2D eigenvalue weighted by molar-refractivity contribution is 5.45. The highest BCUT2D eigenvalue weighted by Gasteiger charge is 2.14. The predicted octanol–water partition coefficient (Wildman–Crippen LogP) is 2.89. The first-order valence-electron chi connectivity index (χ1n) is 3.90. The van der Waals surface area contributed by atoms with Crippen molar-refractivity contribution in [3.8, 4) is 0 Å². The van der Waals surface area contributed by atoms with E-state index >= 15 is 0 Å². The molecule has 1 nitrogen and oxygen atoms in total. The zero-order valence-electron chi connectivity index (χ0n) is 7.10. The van der Waals surface area contributed by atoms with E-state index in [0.717, 1.165) is 0 Å². The van der Waals surface area contributed by atoms with Gasteiger partial charge in [-0.2, -0.15) is 0 Å². The molecule has 0 bridgehead atoms. The van der Waals surface area contributed by atoms with Crippen molar-refractivity contribution in [1.82, 2.24) is 0 Å². The molecule has 0 aliphatic carbocycles. The molecule has 72 valence electrons. The molecule has 0 aromatic heterocycles. The van der Waals surface area contributed by atoms with Crippen molar-refractivity contribution in [3.63, 3.8) is 0 Å². The first-order chi connectivity index (χ1) is 6.11. The van der Waals surface area contributed by atoms with Crippen LogP contribution in [-0.2, 0) is 0 Å². The summed E-state index contributed by atoms with van der Waals surface area (Å²) in [6.45, 7) is 1.30. The molecular formula is C9H10F3N. The molecule has 0 aliphatic heterocycles. The number of nitrogens with one attached hydrogen (secondary N) is 1. The molecule has 0 spiro atoms. The SMILES string of the molecule is CC(Nc1ccccc1F)C(F)F. The molecule has 0 aliphatic rings. The van der Waals surface area contributed by atoms with Gasteiger partial charge in [-0.05, 0) is 19.1 Å². The fourth-order valence-electron chi connectivity index (χ4n) is 0.887. The van der Waals surface area contributed by atoms with E-state index in [1.54, 1.807) is 6.07 Å². The highest BCUT2D eigenvalue weighted by Crippen LogP contribution is 2.15. The fourth-order valence-corrected chi connectivity index (χ4v) is 0.887. The van der Waals surface area contributed by atoms with E-state index in [-0.39, 0.29) is 5.69 Å². The average molecular weight is 189 g/mol. The Hall–Kier alpha value is -1.19. The van der Waals surface area contributed by atoms with Crippen LogP contribution in [0, 0.1) is 5.82 Å². The van der Waals surface area contributed by atoms with Gasteiger partial charge in [0.05, 0.1) is 11.7 Å². The number of anilines is 1. The molecule has 1 N–H and O–H groups in total. The monoisotopic (exact) mass is 189 g/mol. The van der Waals surface area contributed by atoms with E-state index < -0.39 is 18.3 Å². The number of halogens is 3. The quantitative estimate of drug-likeness (QED) is 0.770. The molecule has 0 saturated carbocycles. The lowest BCUT2D eigenvalue weighted by molar-refractivity contribution is 0.130. The third kappa shape index (κ3) is 2.65. The zero-order chi connectivity index (χ0) is 9.84. The molecule has 0 heterocycles. The smallest absolute Gasteiger partial charge is 0.258 e. The molecule has 0 saturated heterocycles. The maximum absolute atomic E-state index is 12.9. The number of rotatable bonds is 3. The van der Waals surface area contributed by atoms with Crippen molar-refractivity contribution < 1.29 is 13.2 Å². The molecule has 1 unspecified atom stereocenters. The molecule has 0 amide bonds. The minimum Gasteiger partial charge on any atom is -0.375 e. The molecule has 1 aromatic rings. The van der Waals surface area contributed by atoms with Gasteiger partial charge in [0, 0.05) is 0 Å². The predicted molar refractivity (Wildman–Crippen MR) is 45.5 cm³/mol. The molecule has 13 heavy (non-hydrogen) atoms. The van der Waals surface area contributed by atoms with Crippen LogP contribution in [0.2, 0.25) is 0 Å². The number of benzene rings is 1. The van der Waals surface area contributed by atoms with Crippen LogP contribution in [0.15, 0.2) is 24.3 Å². The van der Waals surface area contributed by atoms with E-state index in [1.807, 2.05) is 0 Å². The van der Waals surface area contributed by atoms with Crippen LogP contribution >= 0.6 is 0 Å². The summed E-state index contributed by atoms with van der Waals surface area (Å²) in [5.41, 5.74) is 0.107. The van der Waals surface area contributed by atoms with Crippen LogP contribution < -0.4 is 5.32 Å². The van der Waals surface area contributed by atoms with Crippen LogP contribution in [0.5, 0.6) is 0 Å². The molecule has 4 heteroatoms. The second kappa shape index (κ2) is 4.16. The molecule has 0 radical (unpaired) electrons. The van der Waals surface area contributed by atoms with E-state index in [1.165, 1.54) is 25.1 Å². The number of hydrogen-bond donors (Lipinski definition) is 1. The zero-order valence-corrected chi connectivity index (χ0v) is 7.10. The van der Waals surface area contributed by atoms with Crippen LogP contribution in [0.25, 0.3) is 0 Å². The fraction of sp³-hybridized carbons (Fsp3) is 0.333. The van der Waals surface area contributed by atoms with Crippen molar-refractivity contribution in [1.29, 1.82) is 0 Å². The van der Waals surface area contributed by atoms with E-state index in [9.17, 15) is 13.2 Å². The van der Waals surface area contributed by atoms with Crippen molar-refractivity contribution in [2.75, 3.05) is 5.32 Å². The van der Waals surface area contributed by atoms with E-state index in [4.69, 9.17) is 0 Å². The van der Waals surface area contributed by atoms with Crippen molar-refractivity contribution in [2.45, 2.75) is 19.4 Å². The molecular weight excluding hydrogens is 179 g/mol. The summed E-state index contributed by atoms with van der Waals surface area (Å²) in [5, 5.41) is 2.38. The van der Waals surface area contributed by atoms with Gasteiger partial charge in [0.1, 0.15) is 5.82 Å². The van der Waals surface area contributed by atoms with E-state index in [2.05, 4.69) is 5.32 Å². The topological polar surface area (TPSA) is 12.0 Å². The molecule has 1 rings (SSSR count). The van der Waals surface area contributed by atoms with Crippen LogP contribution in [0.3, 0.4) is 0 Å². The van der Waals surface area contributed by atoms with E-state index in [0.29, 0.717) is 0 Å². The summed E-state index contributed by atoms with van der Waals surface area (Å²) in [6, 6.07) is 4.70. The van der Waals surface area contributed by atoms with Gasteiger partial charge < -0.3 is 5.32 Å². The number of para-hydroxylation sites is 1. The summed E-state index contributed by atoms with van der Waals surface area (Å²) in [6.07, 6.45) is -2.50. The third-order valence-electron chi connectivity index (χ3n) is 1.63. The van der Waals surface area contributed by atoms with Gasteiger partial charge in [-0.1, -0.05) is 12.1 Å². The number of hydrogen-bond acceptors (Lipinski definition) is 1. The normalized spacial score (nSPS) is 13.0. The van der Waals surface area contributed by atoms with Crippen LogP contribution in [-0.4, -0.2) is 12.5 Å². The minimum atomic E-state index is -2.50. The maximum atomic E-state index is 12.9. The Morgan fingerprint density at radius 3 is 2.38 bits per heavy atom. The summed E-state index contributed by atoms with van der Waals surface area (Å²) in [7, 11) is 0. The summed E-state index contributed by atoms with van der Waals surface area (Å²) in [4.78, 5) is 0. The summed E-state index contributed by atoms with van der Waals surface area (Å²) in [5.74, 6) is -0.519. The van der Waals surface area contributed by atoms with Gasteiger partial charge in [0.15, 0.2) is 0 Å². The second-order valence-corrected chi connectivity index (χ2v) is 2.75. The largest absolute Gasteiger partial charge is 0.375 e. The van der Waals surface area contributed by atoms with Gasteiger partial charge in [0.25, 0.3) is 6.43 Å². The third-order valence-corrected chi connectivity index (χ3v) is 1.63. The van der Waals surface area contributed by atoms with Gasteiger partial charge in [-0.3, -0.25) is 0 Å². The Bertz CT molecular complexity index is 275. The average Bonchev–Trinajstić information content (AvgIpc) is 2.08. The van der Waals surface area contributed by atoms with Gasteiger partial charge in [0.2, 0.25) is 0 Å². The van der Waals surface area contributed by atoms with Crippen molar-refractivity contribution in [2.24, 2.45) is 0 Å². The molecule has 0 fully saturated rings. The number of alkyl halides is 2. The first-order valence-corrected chi connectivity index (χ1v) is 3.90. The van der Waals surface area contributed by atoms with Gasteiger partial charge in [-0.15, -0.1) is 0 Å². The Kier molecular flexibility index (Phi) is 3.17. The summed E-state index contributed by atoms with van der Waals surface area (Å²) < 4.78 is 37.0. The lowest BCUT2D eigenvalue weighted by Gasteiger charge is -2.14. The Balaban J connectivity index is 2.69. The lowest BCUT2D eigenvalue weighted by atomic mass is 10.2. The molecule has 1 atom stereocenters. The van der Waals surface area contributed by atoms with Crippen LogP contribution in [0.4, 0.5) is 18.9 Å². The van der Waals surface area contributed by atoms with Crippen LogP contribution in [0.1, 0.15) is 6.92 Å².